The second kappa shape index (κ2) is 7.24. The molecule has 0 saturated carbocycles. The quantitative estimate of drug-likeness (QED) is 0.637. The molecule has 0 unspecified atom stereocenters. The van der Waals surface area contributed by atoms with Crippen molar-refractivity contribution in [2.75, 3.05) is 13.1 Å². The van der Waals surface area contributed by atoms with Gasteiger partial charge >= 0.3 is 0 Å². The van der Waals surface area contributed by atoms with Crippen LogP contribution in [0.5, 0.6) is 0 Å². The molecule has 1 rings (SSSR count). The zero-order valence-corrected chi connectivity index (χ0v) is 10.2. The number of rotatable bonds is 7. The molecule has 2 heteroatoms. The fraction of sp³-hybridized carbons (Fsp3) is 1.00. The number of piperidine rings is 1. The minimum Gasteiger partial charge on any atom is -0.390 e. The fourth-order valence-corrected chi connectivity index (χ4v) is 2.38. The molecule has 1 fully saturated rings. The van der Waals surface area contributed by atoms with Gasteiger partial charge < -0.3 is 10.4 Å². The Balaban J connectivity index is 1.98. The van der Waals surface area contributed by atoms with Crippen LogP contribution in [-0.4, -0.2) is 23.8 Å². The third-order valence-electron chi connectivity index (χ3n) is 3.53. The Morgan fingerprint density at radius 1 is 1.00 bits per heavy atom. The Kier molecular flexibility index (Phi) is 6.26. The molecule has 0 amide bonds. The Morgan fingerprint density at radius 2 is 1.60 bits per heavy atom. The summed E-state index contributed by atoms with van der Waals surface area (Å²) >= 11 is 0. The third kappa shape index (κ3) is 5.53. The van der Waals surface area contributed by atoms with Crippen molar-refractivity contribution in [3.05, 3.63) is 0 Å². The SMILES string of the molecule is CCCCCCCCC1(O)CCNCC1. The molecule has 0 radical (unpaired) electrons. The van der Waals surface area contributed by atoms with Crippen LogP contribution in [0, 0.1) is 0 Å². The predicted octanol–water partition coefficient (Wildman–Crippen LogP) is 2.85. The number of nitrogens with one attached hydrogen (secondary N) is 1. The van der Waals surface area contributed by atoms with Crippen molar-refractivity contribution in [2.24, 2.45) is 0 Å². The number of hydrogen-bond donors (Lipinski definition) is 2. The molecule has 90 valence electrons. The standard InChI is InChI=1S/C13H27NO/c1-2-3-4-5-6-7-8-13(15)9-11-14-12-10-13/h14-15H,2-12H2,1H3. The molecule has 0 aromatic carbocycles. The summed E-state index contributed by atoms with van der Waals surface area (Å²) in [6, 6.07) is 0. The summed E-state index contributed by atoms with van der Waals surface area (Å²) in [6.07, 6.45) is 10.8. The second-order valence-corrected chi connectivity index (χ2v) is 4.99. The normalized spacial score (nSPS) is 20.4. The van der Waals surface area contributed by atoms with E-state index >= 15 is 0 Å². The first-order valence-electron chi connectivity index (χ1n) is 6.70. The highest BCUT2D eigenvalue weighted by atomic mass is 16.3. The van der Waals surface area contributed by atoms with Crippen LogP contribution in [0.15, 0.2) is 0 Å². The summed E-state index contributed by atoms with van der Waals surface area (Å²) < 4.78 is 0. The average Bonchev–Trinajstić information content (AvgIpc) is 2.24. The van der Waals surface area contributed by atoms with Gasteiger partial charge in [-0.1, -0.05) is 45.4 Å². The van der Waals surface area contributed by atoms with E-state index in [-0.39, 0.29) is 5.60 Å². The predicted molar refractivity (Wildman–Crippen MR) is 65.0 cm³/mol. The Morgan fingerprint density at radius 3 is 2.27 bits per heavy atom. The van der Waals surface area contributed by atoms with Gasteiger partial charge in [0.05, 0.1) is 5.60 Å². The van der Waals surface area contributed by atoms with Crippen molar-refractivity contribution >= 4 is 0 Å². The van der Waals surface area contributed by atoms with Gasteiger partial charge in [0.15, 0.2) is 0 Å². The maximum absolute atomic E-state index is 10.2. The van der Waals surface area contributed by atoms with Crippen LogP contribution in [0.1, 0.15) is 64.7 Å². The summed E-state index contributed by atoms with van der Waals surface area (Å²) in [5.41, 5.74) is -0.337. The lowest BCUT2D eigenvalue weighted by molar-refractivity contribution is 0.000288. The van der Waals surface area contributed by atoms with Crippen LogP contribution in [0.2, 0.25) is 0 Å². The van der Waals surface area contributed by atoms with Crippen LogP contribution in [0.25, 0.3) is 0 Å². The maximum atomic E-state index is 10.2. The van der Waals surface area contributed by atoms with E-state index < -0.39 is 0 Å². The molecule has 1 heterocycles. The van der Waals surface area contributed by atoms with Crippen LogP contribution >= 0.6 is 0 Å². The summed E-state index contributed by atoms with van der Waals surface area (Å²) in [7, 11) is 0. The van der Waals surface area contributed by atoms with E-state index in [1.165, 1.54) is 38.5 Å². The van der Waals surface area contributed by atoms with E-state index in [4.69, 9.17) is 0 Å². The monoisotopic (exact) mass is 213 g/mol. The molecule has 0 bridgehead atoms. The minimum absolute atomic E-state index is 0.337. The van der Waals surface area contributed by atoms with Crippen molar-refractivity contribution in [3.8, 4) is 0 Å². The van der Waals surface area contributed by atoms with E-state index in [1.54, 1.807) is 0 Å². The molecule has 0 spiro atoms. The van der Waals surface area contributed by atoms with Crippen LogP contribution in [0.4, 0.5) is 0 Å². The molecule has 0 aliphatic carbocycles. The minimum atomic E-state index is -0.337. The van der Waals surface area contributed by atoms with Gasteiger partial charge in [-0.15, -0.1) is 0 Å². The Hall–Kier alpha value is -0.0800. The topological polar surface area (TPSA) is 32.3 Å². The van der Waals surface area contributed by atoms with Gasteiger partial charge in [0.2, 0.25) is 0 Å². The molecule has 0 aromatic heterocycles. The Labute approximate surface area is 94.5 Å². The van der Waals surface area contributed by atoms with E-state index in [9.17, 15) is 5.11 Å². The van der Waals surface area contributed by atoms with Gasteiger partial charge in [0.1, 0.15) is 0 Å². The smallest absolute Gasteiger partial charge is 0.0672 e. The summed E-state index contributed by atoms with van der Waals surface area (Å²) in [5, 5.41) is 13.5. The maximum Gasteiger partial charge on any atom is 0.0672 e. The first-order chi connectivity index (χ1) is 7.27. The fourth-order valence-electron chi connectivity index (χ4n) is 2.38. The molecule has 1 saturated heterocycles. The van der Waals surface area contributed by atoms with E-state index in [1.807, 2.05) is 0 Å². The molecule has 15 heavy (non-hydrogen) atoms. The summed E-state index contributed by atoms with van der Waals surface area (Å²) in [5.74, 6) is 0. The van der Waals surface area contributed by atoms with Gasteiger partial charge in [0.25, 0.3) is 0 Å². The van der Waals surface area contributed by atoms with Crippen molar-refractivity contribution in [3.63, 3.8) is 0 Å². The van der Waals surface area contributed by atoms with Gasteiger partial charge in [-0.05, 0) is 32.4 Å². The summed E-state index contributed by atoms with van der Waals surface area (Å²) in [6.45, 7) is 4.23. The number of aliphatic hydroxyl groups is 1. The molecular weight excluding hydrogens is 186 g/mol. The van der Waals surface area contributed by atoms with E-state index in [0.29, 0.717) is 0 Å². The lowest BCUT2D eigenvalue weighted by Crippen LogP contribution is -2.41. The van der Waals surface area contributed by atoms with Crippen molar-refractivity contribution in [1.29, 1.82) is 0 Å². The first kappa shape index (κ1) is 13.0. The van der Waals surface area contributed by atoms with Crippen molar-refractivity contribution in [2.45, 2.75) is 70.3 Å². The molecule has 0 atom stereocenters. The molecule has 2 nitrogen and oxygen atoms in total. The average molecular weight is 213 g/mol. The lowest BCUT2D eigenvalue weighted by Gasteiger charge is -2.32. The zero-order chi connectivity index (χ0) is 11.0. The highest BCUT2D eigenvalue weighted by Gasteiger charge is 2.27. The van der Waals surface area contributed by atoms with Crippen LogP contribution in [-0.2, 0) is 0 Å². The van der Waals surface area contributed by atoms with Crippen molar-refractivity contribution in [1.82, 2.24) is 5.32 Å². The third-order valence-corrected chi connectivity index (χ3v) is 3.53. The highest BCUT2D eigenvalue weighted by Crippen LogP contribution is 2.24. The van der Waals surface area contributed by atoms with E-state index in [0.717, 1.165) is 32.4 Å². The molecule has 1 aliphatic rings. The largest absolute Gasteiger partial charge is 0.390 e. The van der Waals surface area contributed by atoms with Gasteiger partial charge in [-0.25, -0.2) is 0 Å². The van der Waals surface area contributed by atoms with Gasteiger partial charge in [-0.2, -0.15) is 0 Å². The highest BCUT2D eigenvalue weighted by molar-refractivity contribution is 4.83. The molecule has 1 aliphatic heterocycles. The van der Waals surface area contributed by atoms with Crippen molar-refractivity contribution < 1.29 is 5.11 Å². The number of unbranched alkanes of at least 4 members (excludes halogenated alkanes) is 5. The zero-order valence-electron chi connectivity index (χ0n) is 10.2. The van der Waals surface area contributed by atoms with Crippen LogP contribution < -0.4 is 5.32 Å². The first-order valence-corrected chi connectivity index (χ1v) is 6.70. The lowest BCUT2D eigenvalue weighted by atomic mass is 9.87. The summed E-state index contributed by atoms with van der Waals surface area (Å²) in [4.78, 5) is 0. The second-order valence-electron chi connectivity index (χ2n) is 4.99. The molecular formula is C13H27NO. The van der Waals surface area contributed by atoms with Crippen LogP contribution in [0.3, 0.4) is 0 Å². The van der Waals surface area contributed by atoms with E-state index in [2.05, 4.69) is 12.2 Å². The van der Waals surface area contributed by atoms with Gasteiger partial charge in [0, 0.05) is 0 Å². The molecule has 2 N–H and O–H groups in total. The molecule has 0 aromatic rings. The number of hydrogen-bond acceptors (Lipinski definition) is 2. The van der Waals surface area contributed by atoms with Gasteiger partial charge in [-0.3, -0.25) is 0 Å². The Bertz CT molecular complexity index is 153.